The Balaban J connectivity index is 1.69. The molecule has 1 amide bonds. The molecule has 0 aliphatic heterocycles. The van der Waals surface area contributed by atoms with Crippen LogP contribution >= 0.6 is 11.6 Å². The molecule has 0 bridgehead atoms. The Morgan fingerprint density at radius 3 is 2.65 bits per heavy atom. The van der Waals surface area contributed by atoms with Gasteiger partial charge < -0.3 is 19.5 Å². The van der Waals surface area contributed by atoms with Crippen LogP contribution in [0.1, 0.15) is 12.0 Å². The molecule has 0 saturated carbocycles. The van der Waals surface area contributed by atoms with Gasteiger partial charge in [-0.1, -0.05) is 23.7 Å². The second kappa shape index (κ2) is 9.68. The van der Waals surface area contributed by atoms with E-state index in [1.165, 1.54) is 7.11 Å². The Bertz CT molecular complexity index is 778. The second-order valence-corrected chi connectivity index (χ2v) is 5.88. The number of hydrogen-bond donors (Lipinski definition) is 1. The molecule has 0 aliphatic rings. The van der Waals surface area contributed by atoms with Crippen LogP contribution in [0.15, 0.2) is 42.5 Å². The number of carbonyl (C=O) groups is 2. The standard InChI is InChI=1S/C19H20ClNO5/c1-13-4-3-5-15(10-13)25-9-8-19(23)26-12-18(22)21-14-6-7-17(24-2)16(20)11-14/h3-7,10-11H,8-9,12H2,1-2H3,(H,21,22). The number of carbonyl (C=O) groups excluding carboxylic acids is 2. The zero-order chi connectivity index (χ0) is 18.9. The highest BCUT2D eigenvalue weighted by molar-refractivity contribution is 6.32. The highest BCUT2D eigenvalue weighted by Gasteiger charge is 2.09. The first kappa shape index (κ1) is 19.6. The number of ether oxygens (including phenoxy) is 3. The lowest BCUT2D eigenvalue weighted by atomic mass is 10.2. The zero-order valence-electron chi connectivity index (χ0n) is 14.6. The summed E-state index contributed by atoms with van der Waals surface area (Å²) in [6.45, 7) is 1.75. The fraction of sp³-hybridized carbons (Fsp3) is 0.263. The third kappa shape index (κ3) is 6.29. The van der Waals surface area contributed by atoms with Gasteiger partial charge in [-0.3, -0.25) is 9.59 Å². The van der Waals surface area contributed by atoms with E-state index in [9.17, 15) is 9.59 Å². The molecule has 0 fully saturated rings. The topological polar surface area (TPSA) is 73.9 Å². The summed E-state index contributed by atoms with van der Waals surface area (Å²) in [5.74, 6) is 0.219. The monoisotopic (exact) mass is 377 g/mol. The van der Waals surface area contributed by atoms with Gasteiger partial charge in [0.25, 0.3) is 5.91 Å². The average molecular weight is 378 g/mol. The number of anilines is 1. The lowest BCUT2D eigenvalue weighted by molar-refractivity contribution is -0.147. The number of hydrogen-bond acceptors (Lipinski definition) is 5. The van der Waals surface area contributed by atoms with E-state index in [1.807, 2.05) is 31.2 Å². The minimum Gasteiger partial charge on any atom is -0.495 e. The maximum Gasteiger partial charge on any atom is 0.309 e. The van der Waals surface area contributed by atoms with Gasteiger partial charge in [-0.15, -0.1) is 0 Å². The fourth-order valence-electron chi connectivity index (χ4n) is 2.12. The van der Waals surface area contributed by atoms with Gasteiger partial charge in [0, 0.05) is 5.69 Å². The highest BCUT2D eigenvalue weighted by Crippen LogP contribution is 2.27. The van der Waals surface area contributed by atoms with Gasteiger partial charge in [0.2, 0.25) is 0 Å². The molecule has 6 nitrogen and oxygen atoms in total. The maximum absolute atomic E-state index is 11.8. The van der Waals surface area contributed by atoms with Gasteiger partial charge in [-0.2, -0.15) is 0 Å². The molecular formula is C19H20ClNO5. The first-order valence-corrected chi connectivity index (χ1v) is 8.34. The van der Waals surface area contributed by atoms with Crippen LogP contribution in [0.25, 0.3) is 0 Å². The molecular weight excluding hydrogens is 358 g/mol. The number of nitrogens with one attached hydrogen (secondary N) is 1. The van der Waals surface area contributed by atoms with E-state index in [2.05, 4.69) is 5.32 Å². The number of benzene rings is 2. The number of halogens is 1. The summed E-state index contributed by atoms with van der Waals surface area (Å²) >= 11 is 5.98. The van der Waals surface area contributed by atoms with Gasteiger partial charge >= 0.3 is 5.97 Å². The average Bonchev–Trinajstić information content (AvgIpc) is 2.60. The second-order valence-electron chi connectivity index (χ2n) is 5.47. The van der Waals surface area contributed by atoms with Gasteiger partial charge in [0.05, 0.1) is 25.2 Å². The molecule has 1 N–H and O–H groups in total. The summed E-state index contributed by atoms with van der Waals surface area (Å²) in [7, 11) is 1.50. The van der Waals surface area contributed by atoms with Crippen LogP contribution in [0, 0.1) is 6.92 Å². The van der Waals surface area contributed by atoms with Crippen molar-refractivity contribution in [2.24, 2.45) is 0 Å². The van der Waals surface area contributed by atoms with Crippen molar-refractivity contribution in [2.75, 3.05) is 25.6 Å². The summed E-state index contributed by atoms with van der Waals surface area (Å²) in [6.07, 6.45) is 0.0512. The van der Waals surface area contributed by atoms with Gasteiger partial charge in [0.1, 0.15) is 11.5 Å². The van der Waals surface area contributed by atoms with Crippen LogP contribution in [0.3, 0.4) is 0 Å². The maximum atomic E-state index is 11.8. The quantitative estimate of drug-likeness (QED) is 0.711. The Kier molecular flexibility index (Phi) is 7.29. The molecule has 0 aromatic heterocycles. The summed E-state index contributed by atoms with van der Waals surface area (Å²) in [4.78, 5) is 23.5. The minimum atomic E-state index is -0.513. The summed E-state index contributed by atoms with van der Waals surface area (Å²) in [5.41, 5.74) is 1.56. The van der Waals surface area contributed by atoms with E-state index in [4.69, 9.17) is 25.8 Å². The van der Waals surface area contributed by atoms with E-state index in [0.717, 1.165) is 5.56 Å². The van der Waals surface area contributed by atoms with Crippen molar-refractivity contribution in [1.82, 2.24) is 0 Å². The number of amides is 1. The van der Waals surface area contributed by atoms with E-state index < -0.39 is 11.9 Å². The molecule has 0 atom stereocenters. The highest BCUT2D eigenvalue weighted by atomic mass is 35.5. The molecule has 0 spiro atoms. The molecule has 0 radical (unpaired) electrons. The molecule has 26 heavy (non-hydrogen) atoms. The van der Waals surface area contributed by atoms with Crippen molar-refractivity contribution in [1.29, 1.82) is 0 Å². The van der Waals surface area contributed by atoms with Crippen molar-refractivity contribution in [3.05, 3.63) is 53.1 Å². The first-order chi connectivity index (χ1) is 12.5. The predicted molar refractivity (Wildman–Crippen MR) is 98.9 cm³/mol. The molecule has 138 valence electrons. The molecule has 7 heteroatoms. The molecule has 0 unspecified atom stereocenters. The molecule has 0 saturated heterocycles. The first-order valence-electron chi connectivity index (χ1n) is 7.96. The zero-order valence-corrected chi connectivity index (χ0v) is 15.3. The Morgan fingerprint density at radius 2 is 1.96 bits per heavy atom. The molecule has 0 aliphatic carbocycles. The Labute approximate surface area is 157 Å². The van der Waals surface area contributed by atoms with Crippen molar-refractivity contribution >= 4 is 29.2 Å². The van der Waals surface area contributed by atoms with Gasteiger partial charge in [-0.05, 0) is 42.8 Å². The molecule has 2 aromatic carbocycles. The smallest absolute Gasteiger partial charge is 0.309 e. The minimum absolute atomic E-state index is 0.0512. The summed E-state index contributed by atoms with van der Waals surface area (Å²) in [6, 6.07) is 12.3. The van der Waals surface area contributed by atoms with Crippen LogP contribution in [0.5, 0.6) is 11.5 Å². The third-order valence-corrected chi connectivity index (χ3v) is 3.66. The molecule has 2 aromatic rings. The molecule has 0 heterocycles. The Hall–Kier alpha value is -2.73. The lowest BCUT2D eigenvalue weighted by Crippen LogP contribution is -2.21. The molecule has 2 rings (SSSR count). The van der Waals surface area contributed by atoms with E-state index in [0.29, 0.717) is 22.2 Å². The van der Waals surface area contributed by atoms with Crippen molar-refractivity contribution in [3.63, 3.8) is 0 Å². The Morgan fingerprint density at radius 1 is 1.15 bits per heavy atom. The van der Waals surface area contributed by atoms with Crippen LogP contribution in [-0.4, -0.2) is 32.2 Å². The number of methoxy groups -OCH3 is 1. The van der Waals surface area contributed by atoms with Gasteiger partial charge in [-0.25, -0.2) is 0 Å². The van der Waals surface area contributed by atoms with Gasteiger partial charge in [0.15, 0.2) is 6.61 Å². The fourth-order valence-corrected chi connectivity index (χ4v) is 2.37. The summed E-state index contributed by atoms with van der Waals surface area (Å²) < 4.78 is 15.4. The van der Waals surface area contributed by atoms with E-state index in [1.54, 1.807) is 18.2 Å². The normalized spacial score (nSPS) is 10.1. The lowest BCUT2D eigenvalue weighted by Gasteiger charge is -2.09. The van der Waals surface area contributed by atoms with E-state index >= 15 is 0 Å². The van der Waals surface area contributed by atoms with Crippen LogP contribution < -0.4 is 14.8 Å². The largest absolute Gasteiger partial charge is 0.495 e. The number of aryl methyl sites for hydroxylation is 1. The van der Waals surface area contributed by atoms with Crippen molar-refractivity contribution < 1.29 is 23.8 Å². The predicted octanol–water partition coefficient (Wildman–Crippen LogP) is 3.61. The SMILES string of the molecule is COc1ccc(NC(=O)COC(=O)CCOc2cccc(C)c2)cc1Cl. The van der Waals surface area contributed by atoms with Crippen LogP contribution in [0.4, 0.5) is 5.69 Å². The number of esters is 1. The number of rotatable bonds is 8. The van der Waals surface area contributed by atoms with Crippen LogP contribution in [0.2, 0.25) is 5.02 Å². The van der Waals surface area contributed by atoms with E-state index in [-0.39, 0.29) is 19.6 Å². The van der Waals surface area contributed by atoms with Crippen molar-refractivity contribution in [2.45, 2.75) is 13.3 Å². The third-order valence-electron chi connectivity index (χ3n) is 3.36. The van der Waals surface area contributed by atoms with Crippen molar-refractivity contribution in [3.8, 4) is 11.5 Å². The summed E-state index contributed by atoms with van der Waals surface area (Å²) in [5, 5.41) is 2.96. The van der Waals surface area contributed by atoms with Crippen LogP contribution in [-0.2, 0) is 14.3 Å².